The summed E-state index contributed by atoms with van der Waals surface area (Å²) >= 11 is 0. The van der Waals surface area contributed by atoms with E-state index in [0.29, 0.717) is 4.90 Å². The summed E-state index contributed by atoms with van der Waals surface area (Å²) in [5.74, 6) is 0. The molecule has 0 saturated heterocycles. The van der Waals surface area contributed by atoms with Crippen LogP contribution in [0.4, 0.5) is 0 Å². The van der Waals surface area contributed by atoms with E-state index < -0.39 is 10.0 Å². The molecule has 72 valence electrons. The van der Waals surface area contributed by atoms with E-state index in [4.69, 9.17) is 0 Å². The molecule has 1 rings (SSSR count). The molecule has 0 radical (unpaired) electrons. The zero-order valence-corrected chi connectivity index (χ0v) is 11.8. The Morgan fingerprint density at radius 2 is 1.79 bits per heavy atom. The Morgan fingerprint density at radius 3 is 2.29 bits per heavy atom. The Morgan fingerprint density at radius 1 is 1.21 bits per heavy atom. The predicted molar refractivity (Wildman–Crippen MR) is 52.2 cm³/mol. The summed E-state index contributed by atoms with van der Waals surface area (Å²) < 4.78 is 25.2. The number of benzene rings is 1. The molecule has 0 aliphatic heterocycles. The average Bonchev–Trinajstić information content (AvgIpc) is 2.09. The molecule has 0 unspecified atom stereocenters. The molecule has 0 amide bonds. The third-order valence-electron chi connectivity index (χ3n) is 1.90. The van der Waals surface area contributed by atoms with Crippen molar-refractivity contribution in [3.05, 3.63) is 29.3 Å². The van der Waals surface area contributed by atoms with Crippen molar-refractivity contribution in [2.45, 2.75) is 18.7 Å². The molecule has 0 aliphatic rings. The number of hydrogen-bond donors (Lipinski definition) is 1. The normalized spacial score (nSPS) is 10.8. The van der Waals surface area contributed by atoms with E-state index in [2.05, 4.69) is 4.72 Å². The molecule has 0 saturated carbocycles. The Labute approximate surface area is 107 Å². The first-order valence-electron chi connectivity index (χ1n) is 3.98. The third-order valence-corrected chi connectivity index (χ3v) is 3.46. The van der Waals surface area contributed by atoms with Gasteiger partial charge >= 0.3 is 29.6 Å². The van der Waals surface area contributed by atoms with Crippen molar-refractivity contribution in [3.63, 3.8) is 0 Å². The zero-order valence-electron chi connectivity index (χ0n) is 8.96. The van der Waals surface area contributed by atoms with Crippen LogP contribution in [0.5, 0.6) is 0 Å². The third kappa shape index (κ3) is 3.07. The Kier molecular flexibility index (Phi) is 5.33. The minimum Gasteiger partial charge on any atom is -0.214 e. The molecule has 0 atom stereocenters. The summed E-state index contributed by atoms with van der Waals surface area (Å²) in [6, 6.07) is 5.37. The topological polar surface area (TPSA) is 46.2 Å². The Hall–Kier alpha value is 0.130. The maximum atomic E-state index is 11.5. The predicted octanol–water partition coefficient (Wildman–Crippen LogP) is -1.78. The van der Waals surface area contributed by atoms with Crippen molar-refractivity contribution >= 4 is 10.0 Å². The number of aryl methyl sites for hydroxylation is 2. The summed E-state index contributed by atoms with van der Waals surface area (Å²) in [6.45, 7) is 3.65. The monoisotopic (exact) mass is 222 g/mol. The molecular formula is C9H13NNaO2S+. The van der Waals surface area contributed by atoms with Crippen molar-refractivity contribution in [1.29, 1.82) is 0 Å². The molecule has 1 aromatic rings. The molecule has 3 nitrogen and oxygen atoms in total. The van der Waals surface area contributed by atoms with Gasteiger partial charge in [-0.05, 0) is 38.1 Å². The standard InChI is InChI=1S/C9H13NO2S.Na/c1-7-4-5-8(2)9(6-7)13(11,12)10-3;/h4-6,10H,1-3H3;/q;+1. The molecule has 0 spiro atoms. The molecule has 0 aliphatic carbocycles. The van der Waals surface area contributed by atoms with Gasteiger partial charge in [0.15, 0.2) is 0 Å². The van der Waals surface area contributed by atoms with E-state index in [1.54, 1.807) is 19.1 Å². The van der Waals surface area contributed by atoms with Crippen molar-refractivity contribution in [2.75, 3.05) is 7.05 Å². The summed E-state index contributed by atoms with van der Waals surface area (Å²) in [7, 11) is -1.89. The molecule has 1 aromatic carbocycles. The molecule has 1 N–H and O–H groups in total. The first kappa shape index (κ1) is 14.1. The number of sulfonamides is 1. The van der Waals surface area contributed by atoms with Crippen molar-refractivity contribution in [1.82, 2.24) is 4.72 Å². The maximum Gasteiger partial charge on any atom is 1.00 e. The largest absolute Gasteiger partial charge is 1.00 e. The van der Waals surface area contributed by atoms with Crippen LogP contribution in [0, 0.1) is 13.8 Å². The summed E-state index contributed by atoms with van der Waals surface area (Å²) in [5, 5.41) is 0. The molecule has 5 heteroatoms. The van der Waals surface area contributed by atoms with Gasteiger partial charge in [0.05, 0.1) is 4.90 Å². The van der Waals surface area contributed by atoms with Crippen LogP contribution >= 0.6 is 0 Å². The van der Waals surface area contributed by atoms with Crippen LogP contribution in [0.1, 0.15) is 11.1 Å². The van der Waals surface area contributed by atoms with Crippen LogP contribution in [0.3, 0.4) is 0 Å². The van der Waals surface area contributed by atoms with Crippen LogP contribution in [0.25, 0.3) is 0 Å². The minimum atomic E-state index is -3.30. The van der Waals surface area contributed by atoms with Gasteiger partial charge in [-0.2, -0.15) is 0 Å². The second kappa shape index (κ2) is 5.28. The Balaban J connectivity index is 0.00000169. The quantitative estimate of drug-likeness (QED) is 0.601. The van der Waals surface area contributed by atoms with Gasteiger partial charge in [-0.25, -0.2) is 13.1 Å². The van der Waals surface area contributed by atoms with E-state index in [-0.39, 0.29) is 29.6 Å². The van der Waals surface area contributed by atoms with Gasteiger partial charge < -0.3 is 0 Å². The van der Waals surface area contributed by atoms with E-state index in [9.17, 15) is 8.42 Å². The van der Waals surface area contributed by atoms with Gasteiger partial charge in [-0.1, -0.05) is 12.1 Å². The van der Waals surface area contributed by atoms with Gasteiger partial charge in [0.2, 0.25) is 10.0 Å². The fourth-order valence-corrected chi connectivity index (χ4v) is 2.16. The summed E-state index contributed by atoms with van der Waals surface area (Å²) in [5.41, 5.74) is 1.71. The van der Waals surface area contributed by atoms with E-state index in [1.807, 2.05) is 13.0 Å². The SMILES string of the molecule is CNS(=O)(=O)c1cc(C)ccc1C.[Na+]. The van der Waals surface area contributed by atoms with Gasteiger partial charge in [-0.15, -0.1) is 0 Å². The summed E-state index contributed by atoms with van der Waals surface area (Å²) in [4.78, 5) is 0.356. The maximum absolute atomic E-state index is 11.5. The van der Waals surface area contributed by atoms with Crippen molar-refractivity contribution in [2.24, 2.45) is 0 Å². The van der Waals surface area contributed by atoms with Crippen LogP contribution in [0.15, 0.2) is 23.1 Å². The number of nitrogens with one attached hydrogen (secondary N) is 1. The van der Waals surface area contributed by atoms with Crippen molar-refractivity contribution in [3.8, 4) is 0 Å². The molecule has 0 fully saturated rings. The minimum absolute atomic E-state index is 0. The van der Waals surface area contributed by atoms with Crippen molar-refractivity contribution < 1.29 is 38.0 Å². The second-order valence-electron chi connectivity index (χ2n) is 2.98. The molecular weight excluding hydrogens is 209 g/mol. The van der Waals surface area contributed by atoms with Gasteiger partial charge in [-0.3, -0.25) is 0 Å². The number of rotatable bonds is 2. The molecule has 0 aromatic heterocycles. The number of hydrogen-bond acceptors (Lipinski definition) is 2. The first-order chi connectivity index (χ1) is 5.97. The van der Waals surface area contributed by atoms with Gasteiger partial charge in [0.1, 0.15) is 0 Å². The second-order valence-corrected chi connectivity index (χ2v) is 4.83. The molecule has 0 bridgehead atoms. The molecule has 14 heavy (non-hydrogen) atoms. The Bertz CT molecular complexity index is 415. The smallest absolute Gasteiger partial charge is 0.214 e. The fourth-order valence-electron chi connectivity index (χ4n) is 1.11. The van der Waals surface area contributed by atoms with Gasteiger partial charge in [0, 0.05) is 0 Å². The van der Waals surface area contributed by atoms with Crippen LogP contribution in [-0.4, -0.2) is 15.5 Å². The van der Waals surface area contributed by atoms with Crippen LogP contribution in [0.2, 0.25) is 0 Å². The van der Waals surface area contributed by atoms with Crippen LogP contribution in [-0.2, 0) is 10.0 Å². The fraction of sp³-hybridized carbons (Fsp3) is 0.333. The van der Waals surface area contributed by atoms with Crippen LogP contribution < -0.4 is 34.3 Å². The zero-order chi connectivity index (χ0) is 10.1. The van der Waals surface area contributed by atoms with Gasteiger partial charge in [0.25, 0.3) is 0 Å². The average molecular weight is 222 g/mol. The first-order valence-corrected chi connectivity index (χ1v) is 5.46. The summed E-state index contributed by atoms with van der Waals surface area (Å²) in [6.07, 6.45) is 0. The van der Waals surface area contributed by atoms with E-state index in [0.717, 1.165) is 11.1 Å². The van der Waals surface area contributed by atoms with E-state index >= 15 is 0 Å². The van der Waals surface area contributed by atoms with E-state index in [1.165, 1.54) is 7.05 Å². The molecule has 0 heterocycles.